The van der Waals surface area contributed by atoms with E-state index in [1.165, 1.54) is 0 Å². The molecule has 5 nitrogen and oxygen atoms in total. The number of carbonyl (C=O) groups excluding carboxylic acids is 1. The highest BCUT2D eigenvalue weighted by Gasteiger charge is 2.30. The van der Waals surface area contributed by atoms with Gasteiger partial charge in [0.05, 0.1) is 13.1 Å². The third kappa shape index (κ3) is 9.66. The normalized spacial score (nSPS) is 11.7. The van der Waals surface area contributed by atoms with Gasteiger partial charge in [-0.25, -0.2) is 13.6 Å². The van der Waals surface area contributed by atoms with Crippen LogP contribution in [0.1, 0.15) is 26.3 Å². The van der Waals surface area contributed by atoms with E-state index in [1.807, 2.05) is 0 Å². The quantitative estimate of drug-likeness (QED) is 0.665. The lowest BCUT2D eigenvalue weighted by Crippen LogP contribution is -2.44. The molecule has 0 aliphatic heterocycles. The molecule has 1 aromatic rings. The molecule has 0 saturated carbocycles. The van der Waals surface area contributed by atoms with E-state index in [1.54, 1.807) is 51.1 Å². The average Bonchev–Trinajstić information content (AvgIpc) is 2.51. The summed E-state index contributed by atoms with van der Waals surface area (Å²) in [6.07, 6.45) is 0.783. The van der Waals surface area contributed by atoms with Crippen LogP contribution in [0.2, 0.25) is 0 Å². The standard InChI is InChI=1S/C18H26F2N2O3/c1-5-10-24-15-8-6-14(7-9-15)11-21-12-18(19,20)13-22-16(23)25-17(2,3)4/h5-9,21H,1,10-13H2,2-4H3,(H,22,23). The second kappa shape index (κ2) is 9.36. The van der Waals surface area contributed by atoms with Crippen LogP contribution in [0.25, 0.3) is 0 Å². The van der Waals surface area contributed by atoms with Crippen molar-refractivity contribution >= 4 is 6.09 Å². The van der Waals surface area contributed by atoms with Gasteiger partial charge in [0.15, 0.2) is 0 Å². The van der Waals surface area contributed by atoms with Crippen LogP contribution >= 0.6 is 0 Å². The summed E-state index contributed by atoms with van der Waals surface area (Å²) in [7, 11) is 0. The number of rotatable bonds is 9. The van der Waals surface area contributed by atoms with Crippen LogP contribution in [-0.4, -0.2) is 37.3 Å². The van der Waals surface area contributed by atoms with E-state index in [0.29, 0.717) is 12.4 Å². The molecule has 0 spiro atoms. The number of alkyl carbamates (subject to hydrolysis) is 1. The summed E-state index contributed by atoms with van der Waals surface area (Å²) in [6.45, 7) is 7.91. The van der Waals surface area contributed by atoms with E-state index in [4.69, 9.17) is 9.47 Å². The first-order chi connectivity index (χ1) is 11.6. The minimum atomic E-state index is -3.08. The van der Waals surface area contributed by atoms with Gasteiger partial charge in [-0.15, -0.1) is 0 Å². The van der Waals surface area contributed by atoms with E-state index in [0.717, 1.165) is 5.56 Å². The molecular formula is C18H26F2N2O3. The Bertz CT molecular complexity index is 554. The summed E-state index contributed by atoms with van der Waals surface area (Å²) in [5.74, 6) is -2.39. The second-order valence-electron chi connectivity index (χ2n) is 6.56. The number of halogens is 2. The molecule has 0 heterocycles. The first-order valence-electron chi connectivity index (χ1n) is 7.99. The van der Waals surface area contributed by atoms with Crippen molar-refractivity contribution in [2.24, 2.45) is 0 Å². The van der Waals surface area contributed by atoms with Crippen LogP contribution in [0.5, 0.6) is 5.75 Å². The van der Waals surface area contributed by atoms with Gasteiger partial charge in [-0.3, -0.25) is 0 Å². The molecule has 1 rings (SSSR count). The smallest absolute Gasteiger partial charge is 0.407 e. The minimum absolute atomic E-state index is 0.282. The van der Waals surface area contributed by atoms with Crippen molar-refractivity contribution in [2.75, 3.05) is 19.7 Å². The number of carbonyl (C=O) groups is 1. The van der Waals surface area contributed by atoms with E-state index >= 15 is 0 Å². The molecule has 0 aliphatic rings. The summed E-state index contributed by atoms with van der Waals surface area (Å²) >= 11 is 0. The Morgan fingerprint density at radius 3 is 2.40 bits per heavy atom. The molecule has 1 amide bonds. The number of benzene rings is 1. The Labute approximate surface area is 147 Å². The lowest BCUT2D eigenvalue weighted by Gasteiger charge is -2.22. The van der Waals surface area contributed by atoms with Gasteiger partial charge in [0.25, 0.3) is 5.92 Å². The Hall–Kier alpha value is -2.15. The van der Waals surface area contributed by atoms with Gasteiger partial charge in [0.2, 0.25) is 0 Å². The molecule has 0 bridgehead atoms. The molecule has 7 heteroatoms. The lowest BCUT2D eigenvalue weighted by molar-refractivity contribution is -0.00376. The number of hydrogen-bond acceptors (Lipinski definition) is 4. The Balaban J connectivity index is 2.33. The average molecular weight is 356 g/mol. The summed E-state index contributed by atoms with van der Waals surface area (Å²) < 4.78 is 37.8. The fourth-order valence-electron chi connectivity index (χ4n) is 1.83. The first-order valence-corrected chi connectivity index (χ1v) is 7.99. The van der Waals surface area contributed by atoms with Crippen LogP contribution in [0.15, 0.2) is 36.9 Å². The van der Waals surface area contributed by atoms with Crippen molar-refractivity contribution in [3.63, 3.8) is 0 Å². The lowest BCUT2D eigenvalue weighted by atomic mass is 10.2. The molecule has 2 N–H and O–H groups in total. The maximum Gasteiger partial charge on any atom is 0.407 e. The minimum Gasteiger partial charge on any atom is -0.490 e. The van der Waals surface area contributed by atoms with Gasteiger partial charge in [-0.2, -0.15) is 0 Å². The van der Waals surface area contributed by atoms with E-state index in [9.17, 15) is 13.6 Å². The monoisotopic (exact) mass is 356 g/mol. The van der Waals surface area contributed by atoms with Gasteiger partial charge >= 0.3 is 6.09 Å². The summed E-state index contributed by atoms with van der Waals surface area (Å²) in [4.78, 5) is 11.4. The van der Waals surface area contributed by atoms with E-state index < -0.39 is 30.7 Å². The number of ether oxygens (including phenoxy) is 2. The molecule has 140 valence electrons. The van der Waals surface area contributed by atoms with E-state index in [-0.39, 0.29) is 6.54 Å². The summed E-state index contributed by atoms with van der Waals surface area (Å²) in [5, 5.41) is 4.76. The molecule has 0 fully saturated rings. The topological polar surface area (TPSA) is 59.6 Å². The maximum absolute atomic E-state index is 13.8. The molecule has 25 heavy (non-hydrogen) atoms. The largest absolute Gasteiger partial charge is 0.490 e. The third-order valence-electron chi connectivity index (χ3n) is 2.89. The summed E-state index contributed by atoms with van der Waals surface area (Å²) in [6, 6.07) is 7.12. The molecule has 0 unspecified atom stereocenters. The molecular weight excluding hydrogens is 330 g/mol. The maximum atomic E-state index is 13.8. The summed E-state index contributed by atoms with van der Waals surface area (Å²) in [5.41, 5.74) is 0.126. The van der Waals surface area contributed by atoms with Crippen molar-refractivity contribution in [1.82, 2.24) is 10.6 Å². The molecule has 1 aromatic carbocycles. The second-order valence-corrected chi connectivity index (χ2v) is 6.56. The Morgan fingerprint density at radius 2 is 1.84 bits per heavy atom. The van der Waals surface area contributed by atoms with Crippen LogP contribution in [-0.2, 0) is 11.3 Å². The Morgan fingerprint density at radius 1 is 1.20 bits per heavy atom. The molecule has 0 atom stereocenters. The highest BCUT2D eigenvalue weighted by molar-refractivity contribution is 5.67. The van der Waals surface area contributed by atoms with Crippen molar-refractivity contribution < 1.29 is 23.0 Å². The number of amides is 1. The van der Waals surface area contributed by atoms with Gasteiger partial charge in [0.1, 0.15) is 18.0 Å². The Kier molecular flexibility index (Phi) is 7.83. The van der Waals surface area contributed by atoms with Crippen LogP contribution in [0, 0.1) is 0 Å². The predicted octanol–water partition coefficient (Wildman–Crippen LogP) is 3.50. The molecule has 0 saturated heterocycles. The van der Waals surface area contributed by atoms with Crippen LogP contribution < -0.4 is 15.4 Å². The third-order valence-corrected chi connectivity index (χ3v) is 2.89. The highest BCUT2D eigenvalue weighted by atomic mass is 19.3. The van der Waals surface area contributed by atoms with Gasteiger partial charge in [-0.1, -0.05) is 24.8 Å². The number of hydrogen-bond donors (Lipinski definition) is 2. The molecule has 0 radical (unpaired) electrons. The van der Waals surface area contributed by atoms with Gasteiger partial charge in [0, 0.05) is 6.54 Å². The van der Waals surface area contributed by atoms with Crippen molar-refractivity contribution in [3.05, 3.63) is 42.5 Å². The molecule has 0 aromatic heterocycles. The SMILES string of the molecule is C=CCOc1ccc(CNCC(F)(F)CNC(=O)OC(C)(C)C)cc1. The van der Waals surface area contributed by atoms with Crippen LogP contribution in [0.3, 0.4) is 0 Å². The van der Waals surface area contributed by atoms with Gasteiger partial charge < -0.3 is 20.1 Å². The van der Waals surface area contributed by atoms with E-state index in [2.05, 4.69) is 17.2 Å². The predicted molar refractivity (Wildman–Crippen MR) is 93.0 cm³/mol. The fourth-order valence-corrected chi connectivity index (χ4v) is 1.83. The zero-order chi connectivity index (χ0) is 18.9. The zero-order valence-corrected chi connectivity index (χ0v) is 14.9. The van der Waals surface area contributed by atoms with Crippen molar-refractivity contribution in [3.8, 4) is 5.75 Å². The zero-order valence-electron chi connectivity index (χ0n) is 14.9. The first kappa shape index (κ1) is 20.9. The number of alkyl halides is 2. The number of nitrogens with one attached hydrogen (secondary N) is 2. The highest BCUT2D eigenvalue weighted by Crippen LogP contribution is 2.14. The fraction of sp³-hybridized carbons (Fsp3) is 0.500. The van der Waals surface area contributed by atoms with Crippen molar-refractivity contribution in [1.29, 1.82) is 0 Å². The van der Waals surface area contributed by atoms with Crippen LogP contribution in [0.4, 0.5) is 13.6 Å². The van der Waals surface area contributed by atoms with Gasteiger partial charge in [-0.05, 0) is 38.5 Å². The van der Waals surface area contributed by atoms with Crippen molar-refractivity contribution in [2.45, 2.75) is 38.8 Å². The molecule has 0 aliphatic carbocycles.